The molecule has 0 bridgehead atoms. The van der Waals surface area contributed by atoms with E-state index in [0.717, 1.165) is 11.5 Å². The summed E-state index contributed by atoms with van der Waals surface area (Å²) in [5.74, 6) is 2.23. The Bertz CT molecular complexity index is 226. The Hall–Kier alpha value is -0.690. The minimum Gasteiger partial charge on any atom is -0.153 e. The summed E-state index contributed by atoms with van der Waals surface area (Å²) in [6.45, 7) is 2.06. The van der Waals surface area contributed by atoms with E-state index < -0.39 is 0 Å². The Balaban J connectivity index is 2.24. The highest BCUT2D eigenvalue weighted by Gasteiger charge is 1.88. The van der Waals surface area contributed by atoms with Crippen LogP contribution in [-0.2, 0) is 5.75 Å². The van der Waals surface area contributed by atoms with Gasteiger partial charge in [0.15, 0.2) is 0 Å². The second kappa shape index (κ2) is 5.90. The van der Waals surface area contributed by atoms with Crippen molar-refractivity contribution in [1.82, 2.24) is 0 Å². The third kappa shape index (κ3) is 3.63. The van der Waals surface area contributed by atoms with E-state index in [0.29, 0.717) is 0 Å². The van der Waals surface area contributed by atoms with Crippen LogP contribution in [0.15, 0.2) is 42.5 Å². The topological polar surface area (TPSA) is 0 Å². The largest absolute Gasteiger partial charge is 0.153 e. The standard InChI is InChI=1S/C11H14S/c1-2-3-9-12-10-11-7-5-4-6-8-11/h2-8H,9-10H2,1H3/b3-2+. The monoisotopic (exact) mass is 178 g/mol. The Morgan fingerprint density at radius 1 is 1.25 bits per heavy atom. The van der Waals surface area contributed by atoms with E-state index >= 15 is 0 Å². The molecule has 0 amide bonds. The van der Waals surface area contributed by atoms with Gasteiger partial charge in [0.25, 0.3) is 0 Å². The first kappa shape index (κ1) is 9.40. The molecule has 0 nitrogen and oxygen atoms in total. The van der Waals surface area contributed by atoms with Crippen molar-refractivity contribution in [3.05, 3.63) is 48.0 Å². The fraction of sp³-hybridized carbons (Fsp3) is 0.273. The first-order valence-electron chi connectivity index (χ1n) is 4.16. The van der Waals surface area contributed by atoms with Gasteiger partial charge in [-0.3, -0.25) is 0 Å². The third-order valence-electron chi connectivity index (χ3n) is 1.56. The van der Waals surface area contributed by atoms with Gasteiger partial charge in [0, 0.05) is 11.5 Å². The van der Waals surface area contributed by atoms with E-state index in [9.17, 15) is 0 Å². The molecule has 0 fully saturated rings. The molecule has 64 valence electrons. The molecule has 0 atom stereocenters. The highest BCUT2D eigenvalue weighted by Crippen LogP contribution is 2.11. The van der Waals surface area contributed by atoms with Crippen molar-refractivity contribution in [2.24, 2.45) is 0 Å². The van der Waals surface area contributed by atoms with Gasteiger partial charge in [-0.25, -0.2) is 0 Å². The maximum atomic E-state index is 2.19. The van der Waals surface area contributed by atoms with E-state index in [1.165, 1.54) is 5.56 Å². The lowest BCUT2D eigenvalue weighted by Gasteiger charge is -1.97. The molecule has 0 N–H and O–H groups in total. The van der Waals surface area contributed by atoms with Crippen molar-refractivity contribution in [2.45, 2.75) is 12.7 Å². The molecule has 0 radical (unpaired) electrons. The lowest BCUT2D eigenvalue weighted by molar-refractivity contribution is 1.41. The SMILES string of the molecule is C/C=C/CSCc1ccccc1. The van der Waals surface area contributed by atoms with E-state index in [-0.39, 0.29) is 0 Å². The molecule has 1 rings (SSSR count). The van der Waals surface area contributed by atoms with E-state index in [4.69, 9.17) is 0 Å². The van der Waals surface area contributed by atoms with Crippen LogP contribution in [0.3, 0.4) is 0 Å². The van der Waals surface area contributed by atoms with Gasteiger partial charge in [0.1, 0.15) is 0 Å². The summed E-state index contributed by atoms with van der Waals surface area (Å²) >= 11 is 1.94. The number of thioether (sulfide) groups is 1. The Kier molecular flexibility index (Phi) is 4.62. The third-order valence-corrected chi connectivity index (χ3v) is 2.53. The molecular formula is C11H14S. The molecule has 1 aromatic carbocycles. The quantitative estimate of drug-likeness (QED) is 0.502. The van der Waals surface area contributed by atoms with Crippen LogP contribution in [0.2, 0.25) is 0 Å². The second-order valence-corrected chi connectivity index (χ2v) is 3.60. The summed E-state index contributed by atoms with van der Waals surface area (Å²) in [6, 6.07) is 10.6. The summed E-state index contributed by atoms with van der Waals surface area (Å²) in [5.41, 5.74) is 1.41. The van der Waals surface area contributed by atoms with E-state index in [1.54, 1.807) is 0 Å². The predicted molar refractivity (Wildman–Crippen MR) is 57.4 cm³/mol. The Morgan fingerprint density at radius 2 is 2.00 bits per heavy atom. The van der Waals surface area contributed by atoms with Gasteiger partial charge in [-0.05, 0) is 12.5 Å². The lowest BCUT2D eigenvalue weighted by Crippen LogP contribution is -1.79. The number of rotatable bonds is 4. The van der Waals surface area contributed by atoms with Gasteiger partial charge >= 0.3 is 0 Å². The minimum atomic E-state index is 1.12. The molecule has 0 aliphatic heterocycles. The number of hydrogen-bond acceptors (Lipinski definition) is 1. The predicted octanol–water partition coefficient (Wildman–Crippen LogP) is 3.50. The molecule has 0 spiro atoms. The molecule has 0 heterocycles. The van der Waals surface area contributed by atoms with Crippen LogP contribution in [0.5, 0.6) is 0 Å². The lowest BCUT2D eigenvalue weighted by atomic mass is 10.2. The minimum absolute atomic E-state index is 1.12. The van der Waals surface area contributed by atoms with E-state index in [1.807, 2.05) is 11.8 Å². The van der Waals surface area contributed by atoms with Crippen LogP contribution < -0.4 is 0 Å². The summed E-state index contributed by atoms with van der Waals surface area (Å²) in [7, 11) is 0. The molecule has 12 heavy (non-hydrogen) atoms. The zero-order valence-electron chi connectivity index (χ0n) is 7.36. The molecule has 0 aromatic heterocycles. The zero-order valence-corrected chi connectivity index (χ0v) is 8.18. The summed E-state index contributed by atoms with van der Waals surface area (Å²) in [4.78, 5) is 0. The molecule has 1 heteroatoms. The van der Waals surface area contributed by atoms with E-state index in [2.05, 4.69) is 49.4 Å². The molecule has 1 aromatic rings. The van der Waals surface area contributed by atoms with Crippen molar-refractivity contribution in [1.29, 1.82) is 0 Å². The Morgan fingerprint density at radius 3 is 2.67 bits per heavy atom. The van der Waals surface area contributed by atoms with Crippen LogP contribution in [0.25, 0.3) is 0 Å². The van der Waals surface area contributed by atoms with Gasteiger partial charge in [0.2, 0.25) is 0 Å². The van der Waals surface area contributed by atoms with Crippen molar-refractivity contribution in [3.63, 3.8) is 0 Å². The van der Waals surface area contributed by atoms with Crippen molar-refractivity contribution in [2.75, 3.05) is 5.75 Å². The number of hydrogen-bond donors (Lipinski definition) is 0. The first-order valence-corrected chi connectivity index (χ1v) is 5.32. The molecule has 0 saturated heterocycles. The molecule has 0 aliphatic carbocycles. The second-order valence-electron chi connectivity index (χ2n) is 2.57. The highest BCUT2D eigenvalue weighted by atomic mass is 32.2. The number of allylic oxidation sites excluding steroid dienone is 1. The molecule has 0 unspecified atom stereocenters. The van der Waals surface area contributed by atoms with Gasteiger partial charge in [-0.1, -0.05) is 42.5 Å². The normalized spacial score (nSPS) is 10.8. The fourth-order valence-corrected chi connectivity index (χ4v) is 1.79. The zero-order chi connectivity index (χ0) is 8.65. The van der Waals surface area contributed by atoms with Crippen LogP contribution in [0.1, 0.15) is 12.5 Å². The first-order chi connectivity index (χ1) is 5.93. The molecule has 0 saturated carbocycles. The smallest absolute Gasteiger partial charge is 0.0187 e. The maximum absolute atomic E-state index is 2.19. The number of benzene rings is 1. The van der Waals surface area contributed by atoms with Gasteiger partial charge in [0.05, 0.1) is 0 Å². The van der Waals surface area contributed by atoms with Gasteiger partial charge in [-0.2, -0.15) is 11.8 Å². The summed E-state index contributed by atoms with van der Waals surface area (Å²) in [5, 5.41) is 0. The van der Waals surface area contributed by atoms with Gasteiger partial charge < -0.3 is 0 Å². The van der Waals surface area contributed by atoms with Crippen molar-refractivity contribution in [3.8, 4) is 0 Å². The van der Waals surface area contributed by atoms with Crippen molar-refractivity contribution < 1.29 is 0 Å². The van der Waals surface area contributed by atoms with Crippen LogP contribution in [0, 0.1) is 0 Å². The highest BCUT2D eigenvalue weighted by molar-refractivity contribution is 7.98. The van der Waals surface area contributed by atoms with Gasteiger partial charge in [-0.15, -0.1) is 0 Å². The van der Waals surface area contributed by atoms with Crippen molar-refractivity contribution >= 4 is 11.8 Å². The summed E-state index contributed by atoms with van der Waals surface area (Å²) < 4.78 is 0. The van der Waals surface area contributed by atoms with Crippen LogP contribution in [0.4, 0.5) is 0 Å². The Labute approximate surface area is 78.7 Å². The maximum Gasteiger partial charge on any atom is 0.0187 e. The average Bonchev–Trinajstić information content (AvgIpc) is 2.14. The average molecular weight is 178 g/mol. The van der Waals surface area contributed by atoms with Crippen LogP contribution >= 0.6 is 11.8 Å². The molecule has 0 aliphatic rings. The fourth-order valence-electron chi connectivity index (χ4n) is 0.915. The molecular weight excluding hydrogens is 164 g/mol. The summed E-state index contributed by atoms with van der Waals surface area (Å²) in [6.07, 6.45) is 4.28. The van der Waals surface area contributed by atoms with Crippen LogP contribution in [-0.4, -0.2) is 5.75 Å².